The van der Waals surface area contributed by atoms with Crippen LogP contribution in [0.3, 0.4) is 0 Å². The van der Waals surface area contributed by atoms with Crippen LogP contribution >= 0.6 is 0 Å². The van der Waals surface area contributed by atoms with Gasteiger partial charge >= 0.3 is 0 Å². The van der Waals surface area contributed by atoms with E-state index in [9.17, 15) is 5.11 Å². The Labute approximate surface area is 140 Å². The summed E-state index contributed by atoms with van der Waals surface area (Å²) >= 11 is 0. The zero-order valence-electron chi connectivity index (χ0n) is 13.6. The lowest BCUT2D eigenvalue weighted by Gasteiger charge is -2.42. The summed E-state index contributed by atoms with van der Waals surface area (Å²) in [4.78, 5) is 0. The maximum absolute atomic E-state index is 10.1. The van der Waals surface area contributed by atoms with Gasteiger partial charge < -0.3 is 10.4 Å². The molecule has 0 aliphatic heterocycles. The monoisotopic (exact) mass is 323 g/mol. The Balaban J connectivity index is 1.49. The van der Waals surface area contributed by atoms with E-state index in [0.717, 1.165) is 23.2 Å². The van der Waals surface area contributed by atoms with Gasteiger partial charge in [-0.25, -0.2) is 0 Å². The molecule has 1 saturated carbocycles. The Morgan fingerprint density at radius 2 is 2.08 bits per heavy atom. The van der Waals surface area contributed by atoms with Gasteiger partial charge in [0, 0.05) is 49.4 Å². The van der Waals surface area contributed by atoms with E-state index < -0.39 is 0 Å². The Bertz CT molecular complexity index is 796. The molecule has 1 fully saturated rings. The minimum atomic E-state index is -0.343. The van der Waals surface area contributed by atoms with Gasteiger partial charge in [0.2, 0.25) is 0 Å². The summed E-state index contributed by atoms with van der Waals surface area (Å²) in [6.45, 7) is 0.715. The third-order valence-corrected chi connectivity index (χ3v) is 4.64. The van der Waals surface area contributed by atoms with E-state index in [-0.39, 0.29) is 18.2 Å². The number of aliphatic hydroxyl groups excluding tert-OH is 1. The number of aryl methyl sites for hydroxylation is 1. The first kappa shape index (κ1) is 15.1. The van der Waals surface area contributed by atoms with E-state index in [4.69, 9.17) is 0 Å². The molecule has 2 aromatic heterocycles. The summed E-state index contributed by atoms with van der Waals surface area (Å²) in [5.74, 6) is 0. The SMILES string of the molecule is Cn1cc(CN[C@H]2C[C@@H](O)[C@@H]2n2cccn2)c(-c2ccccc2)n1. The predicted molar refractivity (Wildman–Crippen MR) is 91.2 cm³/mol. The van der Waals surface area contributed by atoms with Crippen LogP contribution in [0.2, 0.25) is 0 Å². The Morgan fingerprint density at radius 3 is 2.79 bits per heavy atom. The fraction of sp³-hybridized carbons (Fsp3) is 0.333. The van der Waals surface area contributed by atoms with Crippen LogP contribution in [-0.2, 0) is 13.6 Å². The first-order chi connectivity index (χ1) is 11.7. The van der Waals surface area contributed by atoms with E-state index >= 15 is 0 Å². The van der Waals surface area contributed by atoms with Crippen molar-refractivity contribution in [2.75, 3.05) is 0 Å². The van der Waals surface area contributed by atoms with Crippen LogP contribution in [0, 0.1) is 0 Å². The molecule has 0 spiro atoms. The molecule has 1 aliphatic carbocycles. The summed E-state index contributed by atoms with van der Waals surface area (Å²) in [7, 11) is 1.94. The molecule has 0 amide bonds. The van der Waals surface area contributed by atoms with Crippen molar-refractivity contribution in [2.45, 2.75) is 31.2 Å². The van der Waals surface area contributed by atoms with E-state index in [1.54, 1.807) is 6.20 Å². The molecule has 24 heavy (non-hydrogen) atoms. The highest BCUT2D eigenvalue weighted by atomic mass is 16.3. The number of nitrogens with zero attached hydrogens (tertiary/aromatic N) is 4. The molecule has 0 saturated heterocycles. The summed E-state index contributed by atoms with van der Waals surface area (Å²) in [6, 6.07) is 12.3. The molecular weight excluding hydrogens is 302 g/mol. The number of hydrogen-bond acceptors (Lipinski definition) is 4. The highest BCUT2D eigenvalue weighted by Crippen LogP contribution is 2.33. The largest absolute Gasteiger partial charge is 0.391 e. The third kappa shape index (κ3) is 2.74. The average Bonchev–Trinajstić information content (AvgIpc) is 3.21. The summed E-state index contributed by atoms with van der Waals surface area (Å²) in [5.41, 5.74) is 3.28. The average molecular weight is 323 g/mol. The van der Waals surface area contributed by atoms with Crippen LogP contribution in [0.15, 0.2) is 55.0 Å². The molecule has 1 aromatic carbocycles. The smallest absolute Gasteiger partial charge is 0.0967 e. The van der Waals surface area contributed by atoms with Crippen molar-refractivity contribution in [3.05, 3.63) is 60.6 Å². The summed E-state index contributed by atoms with van der Waals surface area (Å²) in [6.07, 6.45) is 6.10. The van der Waals surface area contributed by atoms with Crippen molar-refractivity contribution >= 4 is 0 Å². The minimum Gasteiger partial charge on any atom is -0.391 e. The molecule has 3 atom stereocenters. The zero-order chi connectivity index (χ0) is 16.5. The Hall–Kier alpha value is -2.44. The number of benzene rings is 1. The van der Waals surface area contributed by atoms with E-state index in [2.05, 4.69) is 27.6 Å². The fourth-order valence-corrected chi connectivity index (χ4v) is 3.38. The maximum Gasteiger partial charge on any atom is 0.0967 e. The number of aliphatic hydroxyl groups is 1. The quantitative estimate of drug-likeness (QED) is 0.751. The second-order valence-corrected chi connectivity index (χ2v) is 6.31. The van der Waals surface area contributed by atoms with Crippen molar-refractivity contribution in [2.24, 2.45) is 7.05 Å². The van der Waals surface area contributed by atoms with Crippen molar-refractivity contribution < 1.29 is 5.11 Å². The lowest BCUT2D eigenvalue weighted by molar-refractivity contribution is -0.00820. The Morgan fingerprint density at radius 1 is 1.25 bits per heavy atom. The molecule has 6 nitrogen and oxygen atoms in total. The van der Waals surface area contributed by atoms with Crippen LogP contribution < -0.4 is 5.32 Å². The number of hydrogen-bond donors (Lipinski definition) is 2. The molecule has 3 aromatic rings. The second-order valence-electron chi connectivity index (χ2n) is 6.31. The van der Waals surface area contributed by atoms with Gasteiger partial charge in [0.05, 0.1) is 17.8 Å². The van der Waals surface area contributed by atoms with Gasteiger partial charge in [-0.1, -0.05) is 30.3 Å². The van der Waals surface area contributed by atoms with Crippen molar-refractivity contribution in [1.29, 1.82) is 0 Å². The molecule has 0 bridgehead atoms. The predicted octanol–water partition coefficient (Wildman–Crippen LogP) is 1.75. The molecule has 2 N–H and O–H groups in total. The third-order valence-electron chi connectivity index (χ3n) is 4.64. The van der Waals surface area contributed by atoms with Gasteiger partial charge in [0.1, 0.15) is 0 Å². The van der Waals surface area contributed by atoms with Gasteiger partial charge in [-0.05, 0) is 12.5 Å². The molecule has 4 rings (SSSR count). The van der Waals surface area contributed by atoms with Crippen LogP contribution in [0.1, 0.15) is 18.0 Å². The van der Waals surface area contributed by atoms with Crippen LogP contribution in [-0.4, -0.2) is 36.8 Å². The summed E-state index contributed by atoms with van der Waals surface area (Å²) in [5, 5.41) is 22.5. The molecule has 1 aliphatic rings. The maximum atomic E-state index is 10.1. The fourth-order valence-electron chi connectivity index (χ4n) is 3.38. The number of aromatic nitrogens is 4. The molecule has 124 valence electrons. The molecule has 0 unspecified atom stereocenters. The van der Waals surface area contributed by atoms with Crippen molar-refractivity contribution in [1.82, 2.24) is 24.9 Å². The molecule has 6 heteroatoms. The van der Waals surface area contributed by atoms with Crippen LogP contribution in [0.5, 0.6) is 0 Å². The van der Waals surface area contributed by atoms with Gasteiger partial charge in [-0.15, -0.1) is 0 Å². The lowest BCUT2D eigenvalue weighted by atomic mass is 9.83. The van der Waals surface area contributed by atoms with Crippen LogP contribution in [0.25, 0.3) is 11.3 Å². The van der Waals surface area contributed by atoms with Crippen LogP contribution in [0.4, 0.5) is 0 Å². The molecule has 2 heterocycles. The Kier molecular flexibility index (Phi) is 3.92. The van der Waals surface area contributed by atoms with E-state index in [1.807, 2.05) is 53.1 Å². The molecular formula is C18H21N5O. The number of nitrogens with one attached hydrogen (secondary N) is 1. The van der Waals surface area contributed by atoms with E-state index in [0.29, 0.717) is 6.54 Å². The summed E-state index contributed by atoms with van der Waals surface area (Å²) < 4.78 is 3.69. The topological polar surface area (TPSA) is 67.9 Å². The van der Waals surface area contributed by atoms with E-state index in [1.165, 1.54) is 0 Å². The second kappa shape index (κ2) is 6.22. The first-order valence-corrected chi connectivity index (χ1v) is 8.21. The standard InChI is InChI=1S/C18H21N5O/c1-22-12-14(17(21-22)13-6-3-2-4-7-13)11-19-15-10-16(24)18(15)23-9-5-8-20-23/h2-9,12,15-16,18-19,24H,10-11H2,1H3/t15-,16+,18+/m0/s1. The highest BCUT2D eigenvalue weighted by Gasteiger charge is 2.41. The minimum absolute atomic E-state index is 0.00292. The molecule has 0 radical (unpaired) electrons. The van der Waals surface area contributed by atoms with Crippen molar-refractivity contribution in [3.63, 3.8) is 0 Å². The first-order valence-electron chi connectivity index (χ1n) is 8.21. The van der Waals surface area contributed by atoms with Gasteiger partial charge in [0.25, 0.3) is 0 Å². The highest BCUT2D eigenvalue weighted by molar-refractivity contribution is 5.62. The number of rotatable bonds is 5. The van der Waals surface area contributed by atoms with Crippen molar-refractivity contribution in [3.8, 4) is 11.3 Å². The normalized spacial score (nSPS) is 23.2. The van der Waals surface area contributed by atoms with Gasteiger partial charge in [0.15, 0.2) is 0 Å². The zero-order valence-corrected chi connectivity index (χ0v) is 13.6. The van der Waals surface area contributed by atoms with Gasteiger partial charge in [-0.2, -0.15) is 10.2 Å². The van der Waals surface area contributed by atoms with Gasteiger partial charge in [-0.3, -0.25) is 9.36 Å². The lowest BCUT2D eigenvalue weighted by Crippen LogP contribution is -2.54.